The van der Waals surface area contributed by atoms with E-state index in [1.165, 1.54) is 18.3 Å². The first kappa shape index (κ1) is 21.7. The molecule has 31 heavy (non-hydrogen) atoms. The van der Waals surface area contributed by atoms with Gasteiger partial charge in [0, 0.05) is 25.5 Å². The van der Waals surface area contributed by atoms with Gasteiger partial charge in [-0.3, -0.25) is 20.3 Å². The van der Waals surface area contributed by atoms with Crippen LogP contribution in [0.3, 0.4) is 0 Å². The average Bonchev–Trinajstić information content (AvgIpc) is 3.23. The predicted molar refractivity (Wildman–Crippen MR) is 103 cm³/mol. The van der Waals surface area contributed by atoms with E-state index in [-0.39, 0.29) is 28.8 Å². The van der Waals surface area contributed by atoms with E-state index in [2.05, 4.69) is 15.0 Å². The molecule has 4 heterocycles. The Labute approximate surface area is 179 Å². The fourth-order valence-corrected chi connectivity index (χ4v) is 4.36. The quantitative estimate of drug-likeness (QED) is 0.660. The maximum atomic E-state index is 12.8. The second-order valence-corrected chi connectivity index (χ2v) is 8.26. The molecule has 0 spiro atoms. The zero-order valence-corrected chi connectivity index (χ0v) is 16.9. The molecule has 0 aliphatic carbocycles. The molecule has 2 amide bonds. The lowest BCUT2D eigenvalue weighted by Crippen LogP contribution is -2.53. The molecule has 3 atom stereocenters. The number of ether oxygens (including phenoxy) is 2. The van der Waals surface area contributed by atoms with Crippen LogP contribution in [0.25, 0.3) is 0 Å². The third-order valence-corrected chi connectivity index (χ3v) is 6.27. The molecule has 2 aromatic rings. The van der Waals surface area contributed by atoms with Gasteiger partial charge >= 0.3 is 6.18 Å². The van der Waals surface area contributed by atoms with Crippen molar-refractivity contribution in [1.82, 2.24) is 15.2 Å². The molecule has 0 radical (unpaired) electrons. The number of epoxide rings is 1. The molecule has 166 valence electrons. The second kappa shape index (κ2) is 8.19. The zero-order valence-electron chi connectivity index (χ0n) is 16.1. The van der Waals surface area contributed by atoms with Crippen molar-refractivity contribution in [3.05, 3.63) is 52.0 Å². The Morgan fingerprint density at radius 3 is 2.84 bits per heavy atom. The van der Waals surface area contributed by atoms with Gasteiger partial charge in [0.1, 0.15) is 0 Å². The topological polar surface area (TPSA) is 110 Å². The standard InChI is InChI=1S/C19H19F3N4O4S/c20-19(21,22)17-18(23,30-17)14-4-3-13(31-14)15(27)25-9-12-10-29-7-6-26(12)16(28)11-2-1-5-24-8-11/h1-5,8,12,17H,6-7,9-10,23H2,(H,25,27)/t12?,17-,18?/m1/s1. The van der Waals surface area contributed by atoms with Crippen LogP contribution in [-0.2, 0) is 15.2 Å². The molecule has 2 aromatic heterocycles. The minimum Gasteiger partial charge on any atom is -0.377 e. The minimum atomic E-state index is -4.58. The maximum Gasteiger partial charge on any atom is 0.419 e. The van der Waals surface area contributed by atoms with Crippen molar-refractivity contribution >= 4 is 23.2 Å². The third kappa shape index (κ3) is 4.42. The van der Waals surface area contributed by atoms with Gasteiger partial charge in [0.15, 0.2) is 5.72 Å². The fourth-order valence-electron chi connectivity index (χ4n) is 3.37. The smallest absolute Gasteiger partial charge is 0.377 e. The molecule has 12 heteroatoms. The number of morpholine rings is 1. The summed E-state index contributed by atoms with van der Waals surface area (Å²) in [6.45, 7) is 1.11. The number of halogens is 3. The number of carbonyl (C=O) groups is 2. The lowest BCUT2D eigenvalue weighted by Gasteiger charge is -2.35. The number of nitrogens with zero attached hydrogens (tertiary/aromatic N) is 2. The van der Waals surface area contributed by atoms with Crippen molar-refractivity contribution in [2.45, 2.75) is 24.0 Å². The first-order chi connectivity index (χ1) is 14.7. The van der Waals surface area contributed by atoms with E-state index >= 15 is 0 Å². The van der Waals surface area contributed by atoms with Crippen LogP contribution in [-0.4, -0.2) is 66.3 Å². The molecule has 2 aliphatic rings. The number of nitrogens with one attached hydrogen (secondary N) is 1. The summed E-state index contributed by atoms with van der Waals surface area (Å²) in [5.41, 5.74) is 4.16. The number of hydrogen-bond donors (Lipinski definition) is 2. The Balaban J connectivity index is 1.38. The molecular formula is C19H19F3N4O4S. The van der Waals surface area contributed by atoms with E-state index in [1.54, 1.807) is 23.2 Å². The Kier molecular flexibility index (Phi) is 5.73. The normalized spacial score (nSPS) is 25.9. The number of pyridine rings is 1. The van der Waals surface area contributed by atoms with Crippen molar-refractivity contribution in [2.24, 2.45) is 5.73 Å². The van der Waals surface area contributed by atoms with Crippen LogP contribution in [0, 0.1) is 0 Å². The average molecular weight is 456 g/mol. The number of amides is 2. The summed E-state index contributed by atoms with van der Waals surface area (Å²) in [6.07, 6.45) is -3.62. The molecule has 2 unspecified atom stereocenters. The van der Waals surface area contributed by atoms with Crippen molar-refractivity contribution in [3.8, 4) is 0 Å². The van der Waals surface area contributed by atoms with Gasteiger partial charge in [0.2, 0.25) is 6.10 Å². The number of hydrogen-bond acceptors (Lipinski definition) is 7. The first-order valence-electron chi connectivity index (χ1n) is 9.41. The second-order valence-electron chi connectivity index (χ2n) is 7.18. The minimum absolute atomic E-state index is 0.119. The van der Waals surface area contributed by atoms with E-state index in [9.17, 15) is 22.8 Å². The highest BCUT2D eigenvalue weighted by atomic mass is 32.1. The van der Waals surface area contributed by atoms with E-state index < -0.39 is 30.0 Å². The predicted octanol–water partition coefficient (Wildman–Crippen LogP) is 1.49. The van der Waals surface area contributed by atoms with E-state index in [0.29, 0.717) is 18.7 Å². The molecule has 2 aliphatic heterocycles. The van der Waals surface area contributed by atoms with Crippen LogP contribution in [0.1, 0.15) is 24.9 Å². The van der Waals surface area contributed by atoms with Crippen LogP contribution in [0.4, 0.5) is 13.2 Å². The number of thiophene rings is 1. The van der Waals surface area contributed by atoms with Gasteiger partial charge in [-0.2, -0.15) is 13.2 Å². The Morgan fingerprint density at radius 1 is 1.35 bits per heavy atom. The van der Waals surface area contributed by atoms with Crippen LogP contribution in [0.2, 0.25) is 0 Å². The molecule has 3 N–H and O–H groups in total. The first-order valence-corrected chi connectivity index (χ1v) is 10.2. The van der Waals surface area contributed by atoms with Gasteiger partial charge < -0.3 is 19.7 Å². The SMILES string of the molecule is NC1(c2ccc(C(=O)NCC3COCCN3C(=O)c3cccnc3)s2)O[C@H]1C(F)(F)F. The van der Waals surface area contributed by atoms with Crippen molar-refractivity contribution in [2.75, 3.05) is 26.3 Å². The van der Waals surface area contributed by atoms with Gasteiger partial charge in [-0.1, -0.05) is 0 Å². The molecule has 2 saturated heterocycles. The van der Waals surface area contributed by atoms with Gasteiger partial charge in [-0.15, -0.1) is 11.3 Å². The van der Waals surface area contributed by atoms with Crippen molar-refractivity contribution in [1.29, 1.82) is 0 Å². The summed E-state index contributed by atoms with van der Waals surface area (Å²) in [7, 11) is 0. The van der Waals surface area contributed by atoms with Gasteiger partial charge in [0.25, 0.3) is 11.8 Å². The Morgan fingerprint density at radius 2 is 2.16 bits per heavy atom. The van der Waals surface area contributed by atoms with E-state index in [1.807, 2.05) is 0 Å². The highest BCUT2D eigenvalue weighted by Gasteiger charge is 2.69. The number of nitrogens with two attached hydrogens (primary N) is 1. The lowest BCUT2D eigenvalue weighted by atomic mass is 10.1. The molecule has 2 fully saturated rings. The summed E-state index contributed by atoms with van der Waals surface area (Å²) < 4.78 is 48.5. The summed E-state index contributed by atoms with van der Waals surface area (Å²) in [4.78, 5) is 31.1. The highest BCUT2D eigenvalue weighted by molar-refractivity contribution is 7.14. The monoisotopic (exact) mass is 456 g/mol. The van der Waals surface area contributed by atoms with Crippen molar-refractivity contribution < 1.29 is 32.2 Å². The fraction of sp³-hybridized carbons (Fsp3) is 0.421. The maximum absolute atomic E-state index is 12.8. The molecule has 0 bridgehead atoms. The summed E-state index contributed by atoms with van der Waals surface area (Å²) in [6, 6.07) is 5.68. The zero-order chi connectivity index (χ0) is 22.2. The van der Waals surface area contributed by atoms with Crippen LogP contribution >= 0.6 is 11.3 Å². The molecule has 0 aromatic carbocycles. The molecule has 8 nitrogen and oxygen atoms in total. The van der Waals surface area contributed by atoms with Gasteiger partial charge in [-0.25, -0.2) is 0 Å². The molecular weight excluding hydrogens is 437 g/mol. The van der Waals surface area contributed by atoms with Crippen LogP contribution < -0.4 is 11.1 Å². The number of aromatic nitrogens is 1. The van der Waals surface area contributed by atoms with Crippen LogP contribution in [0.5, 0.6) is 0 Å². The van der Waals surface area contributed by atoms with E-state index in [4.69, 9.17) is 10.5 Å². The summed E-state index contributed by atoms with van der Waals surface area (Å²) >= 11 is 0.839. The third-order valence-electron chi connectivity index (χ3n) is 5.05. The van der Waals surface area contributed by atoms with Gasteiger partial charge in [0.05, 0.1) is 34.6 Å². The van der Waals surface area contributed by atoms with Crippen LogP contribution in [0.15, 0.2) is 36.7 Å². The van der Waals surface area contributed by atoms with Crippen molar-refractivity contribution in [3.63, 3.8) is 0 Å². The van der Waals surface area contributed by atoms with E-state index in [0.717, 1.165) is 11.3 Å². The van der Waals surface area contributed by atoms with Gasteiger partial charge in [-0.05, 0) is 24.3 Å². The molecule has 0 saturated carbocycles. The number of alkyl halides is 3. The number of carbonyl (C=O) groups excluding carboxylic acids is 2. The summed E-state index contributed by atoms with van der Waals surface area (Å²) in [5, 5.41) is 2.71. The Hall–Kier alpha value is -2.54. The molecule has 4 rings (SSSR count). The Bertz CT molecular complexity index is 971. The summed E-state index contributed by atoms with van der Waals surface area (Å²) in [5.74, 6) is -0.702. The largest absolute Gasteiger partial charge is 0.419 e. The highest BCUT2D eigenvalue weighted by Crippen LogP contribution is 2.51. The number of rotatable bonds is 5. The lowest BCUT2D eigenvalue weighted by molar-refractivity contribution is -0.146.